The van der Waals surface area contributed by atoms with Crippen LogP contribution in [0.25, 0.3) is 21.7 Å². The SMILES string of the molecule is CC(C)Cc1ccc2cc(NC(=O)Nc3ccc4[nH]ccc4c3)ccc2c1. The van der Waals surface area contributed by atoms with Crippen LogP contribution in [0.5, 0.6) is 0 Å². The number of hydrogen-bond donors (Lipinski definition) is 3. The summed E-state index contributed by atoms with van der Waals surface area (Å²) in [4.78, 5) is 15.5. The number of aromatic amines is 1. The van der Waals surface area contributed by atoms with Crippen molar-refractivity contribution in [3.63, 3.8) is 0 Å². The van der Waals surface area contributed by atoms with Crippen molar-refractivity contribution in [2.45, 2.75) is 20.3 Å². The summed E-state index contributed by atoms with van der Waals surface area (Å²) in [7, 11) is 0. The lowest BCUT2D eigenvalue weighted by Gasteiger charge is -2.10. The van der Waals surface area contributed by atoms with Crippen LogP contribution in [0.1, 0.15) is 19.4 Å². The minimum Gasteiger partial charge on any atom is -0.361 e. The fourth-order valence-electron chi connectivity index (χ4n) is 3.40. The standard InChI is InChI=1S/C23H23N3O/c1-15(2)11-16-3-4-18-13-20(6-5-17(18)12-16)25-23(27)26-21-7-8-22-19(14-21)9-10-24-22/h3-10,12-15,24H,11H2,1-2H3,(H2,25,26,27). The number of carbonyl (C=O) groups excluding carboxylic acids is 1. The lowest BCUT2D eigenvalue weighted by Crippen LogP contribution is -2.19. The molecule has 0 aliphatic carbocycles. The molecule has 0 aliphatic rings. The first-order valence-electron chi connectivity index (χ1n) is 9.25. The van der Waals surface area contributed by atoms with Crippen LogP contribution < -0.4 is 10.6 Å². The van der Waals surface area contributed by atoms with Crippen molar-refractivity contribution in [2.24, 2.45) is 5.92 Å². The summed E-state index contributed by atoms with van der Waals surface area (Å²) >= 11 is 0. The normalized spacial score (nSPS) is 11.2. The number of anilines is 2. The van der Waals surface area contributed by atoms with Crippen LogP contribution in [-0.2, 0) is 6.42 Å². The van der Waals surface area contributed by atoms with Crippen molar-refractivity contribution < 1.29 is 4.79 Å². The highest BCUT2D eigenvalue weighted by molar-refractivity contribution is 6.02. The van der Waals surface area contributed by atoms with Gasteiger partial charge in [0.1, 0.15) is 0 Å². The number of benzene rings is 3. The van der Waals surface area contributed by atoms with E-state index in [2.05, 4.69) is 53.7 Å². The molecule has 0 saturated carbocycles. The number of fused-ring (bicyclic) bond motifs is 2. The van der Waals surface area contributed by atoms with E-state index in [0.717, 1.165) is 34.1 Å². The Kier molecular flexibility index (Phi) is 4.55. The zero-order chi connectivity index (χ0) is 18.8. The molecular formula is C23H23N3O. The van der Waals surface area contributed by atoms with Gasteiger partial charge in [-0.3, -0.25) is 0 Å². The Labute approximate surface area is 158 Å². The van der Waals surface area contributed by atoms with Gasteiger partial charge in [-0.25, -0.2) is 4.79 Å². The van der Waals surface area contributed by atoms with Crippen LogP contribution >= 0.6 is 0 Å². The number of carbonyl (C=O) groups is 1. The van der Waals surface area contributed by atoms with E-state index in [-0.39, 0.29) is 6.03 Å². The second-order valence-electron chi connectivity index (χ2n) is 7.35. The number of nitrogens with one attached hydrogen (secondary N) is 3. The van der Waals surface area contributed by atoms with Crippen molar-refractivity contribution in [2.75, 3.05) is 10.6 Å². The molecule has 0 spiro atoms. The van der Waals surface area contributed by atoms with Crippen molar-refractivity contribution >= 4 is 39.1 Å². The Balaban J connectivity index is 1.47. The summed E-state index contributed by atoms with van der Waals surface area (Å²) in [5.41, 5.74) is 3.93. The van der Waals surface area contributed by atoms with Crippen molar-refractivity contribution in [1.29, 1.82) is 0 Å². The summed E-state index contributed by atoms with van der Waals surface area (Å²) in [6, 6.07) is 20.0. The van der Waals surface area contributed by atoms with E-state index < -0.39 is 0 Å². The van der Waals surface area contributed by atoms with Gasteiger partial charge in [0.05, 0.1) is 0 Å². The smallest absolute Gasteiger partial charge is 0.323 e. The molecule has 4 aromatic rings. The van der Waals surface area contributed by atoms with E-state index in [0.29, 0.717) is 5.92 Å². The van der Waals surface area contributed by atoms with Gasteiger partial charge in [-0.2, -0.15) is 0 Å². The van der Waals surface area contributed by atoms with E-state index in [1.54, 1.807) is 0 Å². The number of H-pyrrole nitrogens is 1. The molecule has 0 saturated heterocycles. The number of hydrogen-bond acceptors (Lipinski definition) is 1. The maximum atomic E-state index is 12.3. The van der Waals surface area contributed by atoms with Crippen LogP contribution in [-0.4, -0.2) is 11.0 Å². The first-order valence-corrected chi connectivity index (χ1v) is 9.25. The van der Waals surface area contributed by atoms with Crippen LogP contribution in [0, 0.1) is 5.92 Å². The Morgan fingerprint density at radius 1 is 0.852 bits per heavy atom. The summed E-state index contributed by atoms with van der Waals surface area (Å²) in [6.07, 6.45) is 2.96. The predicted molar refractivity (Wildman–Crippen MR) is 113 cm³/mol. The minimum absolute atomic E-state index is 0.249. The second-order valence-corrected chi connectivity index (χ2v) is 7.35. The molecular weight excluding hydrogens is 334 g/mol. The van der Waals surface area contributed by atoms with E-state index in [9.17, 15) is 4.79 Å². The highest BCUT2D eigenvalue weighted by Gasteiger charge is 2.06. The maximum Gasteiger partial charge on any atom is 0.323 e. The Bertz CT molecular complexity index is 1110. The summed E-state index contributed by atoms with van der Waals surface area (Å²) in [6.45, 7) is 4.45. The van der Waals surface area contributed by atoms with Crippen LogP contribution in [0.2, 0.25) is 0 Å². The minimum atomic E-state index is -0.249. The highest BCUT2D eigenvalue weighted by Crippen LogP contribution is 2.23. The van der Waals surface area contributed by atoms with E-state index in [1.165, 1.54) is 10.9 Å². The third-order valence-corrected chi connectivity index (χ3v) is 4.62. The maximum absolute atomic E-state index is 12.3. The highest BCUT2D eigenvalue weighted by atomic mass is 16.2. The van der Waals surface area contributed by atoms with Gasteiger partial charge in [-0.05, 0) is 65.1 Å². The molecule has 0 radical (unpaired) electrons. The Morgan fingerprint density at radius 2 is 1.52 bits per heavy atom. The molecule has 4 nitrogen and oxygen atoms in total. The molecule has 4 rings (SSSR count). The molecule has 3 aromatic carbocycles. The summed E-state index contributed by atoms with van der Waals surface area (Å²) in [5, 5.41) is 9.18. The van der Waals surface area contributed by atoms with Gasteiger partial charge >= 0.3 is 6.03 Å². The van der Waals surface area contributed by atoms with Crippen molar-refractivity contribution in [3.8, 4) is 0 Å². The predicted octanol–water partition coefficient (Wildman–Crippen LogP) is 6.16. The fourth-order valence-corrected chi connectivity index (χ4v) is 3.40. The molecule has 136 valence electrons. The van der Waals surface area contributed by atoms with Gasteiger partial charge in [-0.1, -0.05) is 38.1 Å². The quantitative estimate of drug-likeness (QED) is 0.402. The van der Waals surface area contributed by atoms with Gasteiger partial charge in [0.15, 0.2) is 0 Å². The van der Waals surface area contributed by atoms with Crippen molar-refractivity contribution in [1.82, 2.24) is 4.98 Å². The first kappa shape index (κ1) is 17.2. The van der Waals surface area contributed by atoms with Gasteiger partial charge in [0.25, 0.3) is 0 Å². The molecule has 0 aliphatic heterocycles. The first-order chi connectivity index (χ1) is 13.1. The van der Waals surface area contributed by atoms with Gasteiger partial charge < -0.3 is 15.6 Å². The van der Waals surface area contributed by atoms with Crippen LogP contribution in [0.3, 0.4) is 0 Å². The third-order valence-electron chi connectivity index (χ3n) is 4.62. The molecule has 3 N–H and O–H groups in total. The average Bonchev–Trinajstić information content (AvgIpc) is 3.09. The third kappa shape index (κ3) is 3.95. The lowest BCUT2D eigenvalue weighted by molar-refractivity contribution is 0.262. The van der Waals surface area contributed by atoms with Gasteiger partial charge in [0.2, 0.25) is 0 Å². The monoisotopic (exact) mass is 357 g/mol. The zero-order valence-corrected chi connectivity index (χ0v) is 15.5. The molecule has 0 atom stereocenters. The molecule has 1 aromatic heterocycles. The van der Waals surface area contributed by atoms with Crippen molar-refractivity contribution in [3.05, 3.63) is 72.4 Å². The number of amides is 2. The largest absolute Gasteiger partial charge is 0.361 e. The average molecular weight is 357 g/mol. The zero-order valence-electron chi connectivity index (χ0n) is 15.5. The molecule has 4 heteroatoms. The number of rotatable bonds is 4. The Hall–Kier alpha value is -3.27. The van der Waals surface area contributed by atoms with E-state index >= 15 is 0 Å². The fraction of sp³-hybridized carbons (Fsp3) is 0.174. The van der Waals surface area contributed by atoms with E-state index in [4.69, 9.17) is 0 Å². The molecule has 0 bridgehead atoms. The molecule has 0 unspecified atom stereocenters. The second kappa shape index (κ2) is 7.16. The van der Waals surface area contributed by atoms with E-state index in [1.807, 2.05) is 42.6 Å². The molecule has 0 fully saturated rings. The van der Waals surface area contributed by atoms with Gasteiger partial charge in [-0.15, -0.1) is 0 Å². The number of urea groups is 1. The van der Waals surface area contributed by atoms with Crippen LogP contribution in [0.4, 0.5) is 16.2 Å². The Morgan fingerprint density at radius 3 is 2.30 bits per heavy atom. The van der Waals surface area contributed by atoms with Crippen LogP contribution in [0.15, 0.2) is 66.9 Å². The van der Waals surface area contributed by atoms with Gasteiger partial charge in [0, 0.05) is 28.5 Å². The molecule has 2 amide bonds. The number of aromatic nitrogens is 1. The summed E-state index contributed by atoms with van der Waals surface area (Å²) in [5.74, 6) is 0.637. The molecule has 27 heavy (non-hydrogen) atoms. The molecule has 1 heterocycles. The lowest BCUT2D eigenvalue weighted by atomic mass is 9.99. The topological polar surface area (TPSA) is 56.9 Å². The summed E-state index contributed by atoms with van der Waals surface area (Å²) < 4.78 is 0.